The van der Waals surface area contributed by atoms with Gasteiger partial charge in [0.05, 0.1) is 18.5 Å². The van der Waals surface area contributed by atoms with E-state index in [4.69, 9.17) is 9.47 Å². The van der Waals surface area contributed by atoms with Crippen molar-refractivity contribution >= 4 is 33.5 Å². The van der Waals surface area contributed by atoms with E-state index in [9.17, 15) is 9.59 Å². The van der Waals surface area contributed by atoms with E-state index >= 15 is 0 Å². The quantitative estimate of drug-likeness (QED) is 0.786. The van der Waals surface area contributed by atoms with Crippen LogP contribution in [-0.4, -0.2) is 34.9 Å². The summed E-state index contributed by atoms with van der Waals surface area (Å²) in [5.41, 5.74) is 1.01. The summed E-state index contributed by atoms with van der Waals surface area (Å²) in [5, 5.41) is 6.83. The van der Waals surface area contributed by atoms with Crippen LogP contribution in [0.2, 0.25) is 0 Å². The van der Waals surface area contributed by atoms with Crippen LogP contribution in [0.4, 0.5) is 5.69 Å². The van der Waals surface area contributed by atoms with Gasteiger partial charge in [-0.2, -0.15) is 5.10 Å². The minimum absolute atomic E-state index is 0.179. The zero-order valence-corrected chi connectivity index (χ0v) is 15.4. The first-order chi connectivity index (χ1) is 11.3. The van der Waals surface area contributed by atoms with Gasteiger partial charge < -0.3 is 14.8 Å². The first-order valence-corrected chi connectivity index (χ1v) is 7.97. The molecule has 24 heavy (non-hydrogen) atoms. The van der Waals surface area contributed by atoms with Crippen LogP contribution >= 0.6 is 15.9 Å². The van der Waals surface area contributed by atoms with Gasteiger partial charge in [-0.05, 0) is 32.0 Å². The molecule has 0 saturated heterocycles. The summed E-state index contributed by atoms with van der Waals surface area (Å²) in [5.74, 6) is -0.409. The van der Waals surface area contributed by atoms with E-state index in [0.29, 0.717) is 17.1 Å². The Hall–Kier alpha value is -2.35. The largest absolute Gasteiger partial charge is 0.481 e. The van der Waals surface area contributed by atoms with Gasteiger partial charge >= 0.3 is 5.97 Å². The molecule has 1 aromatic heterocycles. The van der Waals surface area contributed by atoms with Crippen molar-refractivity contribution in [3.05, 3.63) is 40.1 Å². The number of benzene rings is 1. The number of carbonyl (C=O) groups excluding carboxylic acids is 2. The van der Waals surface area contributed by atoms with Gasteiger partial charge in [-0.25, -0.2) is 4.79 Å². The number of hydrogen-bond donors (Lipinski definition) is 1. The monoisotopic (exact) mass is 395 g/mol. The fourth-order valence-electron chi connectivity index (χ4n) is 2.16. The van der Waals surface area contributed by atoms with Crippen molar-refractivity contribution in [3.8, 4) is 5.75 Å². The molecular formula is C16H18BrN3O4. The van der Waals surface area contributed by atoms with E-state index in [0.717, 1.165) is 4.47 Å². The lowest BCUT2D eigenvalue weighted by atomic mass is 10.2. The molecule has 0 aliphatic rings. The van der Waals surface area contributed by atoms with Crippen molar-refractivity contribution in [2.24, 2.45) is 7.05 Å². The third-order valence-electron chi connectivity index (χ3n) is 3.33. The van der Waals surface area contributed by atoms with E-state index in [1.807, 2.05) is 12.1 Å². The first kappa shape index (κ1) is 18.0. The van der Waals surface area contributed by atoms with Crippen LogP contribution in [-0.2, 0) is 16.6 Å². The van der Waals surface area contributed by atoms with Crippen LogP contribution < -0.4 is 10.1 Å². The second-order valence-corrected chi connectivity index (χ2v) is 6.05. The minimum Gasteiger partial charge on any atom is -0.481 e. The van der Waals surface area contributed by atoms with Crippen molar-refractivity contribution in [3.63, 3.8) is 0 Å². The van der Waals surface area contributed by atoms with Gasteiger partial charge in [-0.15, -0.1) is 0 Å². The number of hydrogen-bond acceptors (Lipinski definition) is 5. The van der Waals surface area contributed by atoms with Gasteiger partial charge in [0.15, 0.2) is 11.8 Å². The smallest absolute Gasteiger partial charge is 0.358 e. The predicted molar refractivity (Wildman–Crippen MR) is 92.1 cm³/mol. The lowest BCUT2D eigenvalue weighted by molar-refractivity contribution is -0.122. The second kappa shape index (κ2) is 7.48. The maximum atomic E-state index is 12.4. The second-order valence-electron chi connectivity index (χ2n) is 5.13. The third kappa shape index (κ3) is 3.94. The Bertz CT molecular complexity index is 773. The number of methoxy groups -OCH3 is 1. The number of ether oxygens (including phenoxy) is 2. The molecule has 1 heterocycles. The van der Waals surface area contributed by atoms with Gasteiger partial charge in [0.2, 0.25) is 0 Å². The topological polar surface area (TPSA) is 82.4 Å². The molecule has 0 saturated carbocycles. The zero-order chi connectivity index (χ0) is 17.9. The fraction of sp³-hybridized carbons (Fsp3) is 0.312. The number of rotatable bonds is 5. The molecule has 0 aliphatic heterocycles. The van der Waals surface area contributed by atoms with Gasteiger partial charge in [0.25, 0.3) is 5.91 Å². The molecule has 0 spiro atoms. The summed E-state index contributed by atoms with van der Waals surface area (Å²) in [6.07, 6.45) is -0.760. The van der Waals surface area contributed by atoms with Crippen molar-refractivity contribution in [1.82, 2.24) is 9.78 Å². The summed E-state index contributed by atoms with van der Waals surface area (Å²) in [6, 6.07) is 7.19. The molecule has 2 aromatic rings. The van der Waals surface area contributed by atoms with E-state index in [-0.39, 0.29) is 5.69 Å². The number of anilines is 1. The molecule has 0 aliphatic carbocycles. The molecule has 1 atom stereocenters. The Morgan fingerprint density at radius 2 is 2.08 bits per heavy atom. The van der Waals surface area contributed by atoms with Gasteiger partial charge in [-0.1, -0.05) is 22.0 Å². The average molecular weight is 396 g/mol. The average Bonchev–Trinajstić information content (AvgIpc) is 2.80. The maximum Gasteiger partial charge on any atom is 0.358 e. The molecule has 0 radical (unpaired) electrons. The Morgan fingerprint density at radius 1 is 1.38 bits per heavy atom. The standard InChI is InChI=1S/C16H18BrN3O4/c1-9-13(14(16(22)23-4)20(3)19-9)18-15(21)10(2)24-12-7-5-6-11(17)8-12/h5-8,10H,1-4H3,(H,18,21). The molecular weight excluding hydrogens is 378 g/mol. The van der Waals surface area contributed by atoms with Crippen molar-refractivity contribution in [2.45, 2.75) is 20.0 Å². The summed E-state index contributed by atoms with van der Waals surface area (Å²) in [7, 11) is 2.88. The molecule has 2 rings (SSSR count). The lowest BCUT2D eigenvalue weighted by Crippen LogP contribution is -2.31. The van der Waals surface area contributed by atoms with Crippen molar-refractivity contribution in [2.75, 3.05) is 12.4 Å². The Kier molecular flexibility index (Phi) is 5.61. The number of aryl methyl sites for hydroxylation is 2. The molecule has 0 fully saturated rings. The summed E-state index contributed by atoms with van der Waals surface area (Å²) < 4.78 is 12.6. The molecule has 8 heteroatoms. The molecule has 0 bridgehead atoms. The SMILES string of the molecule is COC(=O)c1c(NC(=O)C(C)Oc2cccc(Br)c2)c(C)nn1C. The zero-order valence-electron chi connectivity index (χ0n) is 13.8. The van der Waals surface area contributed by atoms with Gasteiger partial charge in [0.1, 0.15) is 5.75 Å². The first-order valence-electron chi connectivity index (χ1n) is 7.18. The lowest BCUT2D eigenvalue weighted by Gasteiger charge is -2.15. The molecule has 1 amide bonds. The number of amides is 1. The van der Waals surface area contributed by atoms with Crippen molar-refractivity contribution < 1.29 is 19.1 Å². The summed E-state index contributed by atoms with van der Waals surface area (Å²) in [6.45, 7) is 3.32. The molecule has 1 unspecified atom stereocenters. The van der Waals surface area contributed by atoms with Crippen LogP contribution in [0.3, 0.4) is 0 Å². The highest BCUT2D eigenvalue weighted by Gasteiger charge is 2.24. The molecule has 7 nitrogen and oxygen atoms in total. The van der Waals surface area contributed by atoms with Crippen LogP contribution in [0.15, 0.2) is 28.7 Å². The Labute approximate surface area is 148 Å². The van der Waals surface area contributed by atoms with Crippen LogP contribution in [0.5, 0.6) is 5.75 Å². The number of carbonyl (C=O) groups is 2. The fourth-order valence-corrected chi connectivity index (χ4v) is 2.54. The predicted octanol–water partition coefficient (Wildman–Crippen LogP) is 2.68. The molecule has 1 N–H and O–H groups in total. The number of nitrogens with zero attached hydrogens (tertiary/aromatic N) is 2. The Morgan fingerprint density at radius 3 is 2.71 bits per heavy atom. The van der Waals surface area contributed by atoms with E-state index < -0.39 is 18.0 Å². The number of aromatic nitrogens is 2. The third-order valence-corrected chi connectivity index (χ3v) is 3.82. The number of halogens is 1. The highest BCUT2D eigenvalue weighted by Crippen LogP contribution is 2.22. The summed E-state index contributed by atoms with van der Waals surface area (Å²) in [4.78, 5) is 24.3. The highest BCUT2D eigenvalue weighted by atomic mass is 79.9. The van der Waals surface area contributed by atoms with Crippen LogP contribution in [0, 0.1) is 6.92 Å². The van der Waals surface area contributed by atoms with Crippen LogP contribution in [0.1, 0.15) is 23.1 Å². The molecule has 1 aromatic carbocycles. The maximum absolute atomic E-state index is 12.4. The summed E-state index contributed by atoms with van der Waals surface area (Å²) >= 11 is 3.35. The minimum atomic E-state index is -0.760. The molecule has 128 valence electrons. The van der Waals surface area contributed by atoms with E-state index in [1.54, 1.807) is 33.0 Å². The highest BCUT2D eigenvalue weighted by molar-refractivity contribution is 9.10. The van der Waals surface area contributed by atoms with Gasteiger partial charge in [0, 0.05) is 11.5 Å². The van der Waals surface area contributed by atoms with Gasteiger partial charge in [-0.3, -0.25) is 9.48 Å². The van der Waals surface area contributed by atoms with Crippen molar-refractivity contribution in [1.29, 1.82) is 0 Å². The normalized spacial score (nSPS) is 11.7. The van der Waals surface area contributed by atoms with E-state index in [2.05, 4.69) is 26.3 Å². The number of nitrogens with one attached hydrogen (secondary N) is 1. The van der Waals surface area contributed by atoms with E-state index in [1.165, 1.54) is 11.8 Å². The van der Waals surface area contributed by atoms with Crippen LogP contribution in [0.25, 0.3) is 0 Å². The number of esters is 1. The Balaban J connectivity index is 2.16.